The van der Waals surface area contributed by atoms with E-state index in [0.29, 0.717) is 21.7 Å². The van der Waals surface area contributed by atoms with Crippen LogP contribution in [0.15, 0.2) is 29.2 Å². The third kappa shape index (κ3) is 1.62. The Kier molecular flexibility index (Phi) is 2.22. The summed E-state index contributed by atoms with van der Waals surface area (Å²) < 4.78 is 4.80. The molecule has 3 aromatic rings. The highest BCUT2D eigenvalue weighted by molar-refractivity contribution is 7.13. The number of nitrogens with zero attached hydrogens (tertiary/aromatic N) is 3. The first-order valence-corrected chi connectivity index (χ1v) is 5.81. The second-order valence-corrected chi connectivity index (χ2v) is 4.35. The molecule has 0 fully saturated rings. The zero-order valence-corrected chi connectivity index (χ0v) is 9.78. The average molecular weight is 244 g/mol. The second-order valence-electron chi connectivity index (χ2n) is 3.58. The molecule has 0 aliphatic rings. The highest BCUT2D eigenvalue weighted by Crippen LogP contribution is 2.25. The Hall–Kier alpha value is -2.08. The van der Waals surface area contributed by atoms with Crippen molar-refractivity contribution in [3.8, 4) is 11.4 Å². The third-order valence-corrected chi connectivity index (χ3v) is 3.19. The Morgan fingerprint density at radius 2 is 2.24 bits per heavy atom. The number of pyridine rings is 1. The van der Waals surface area contributed by atoms with Crippen LogP contribution in [0, 0.1) is 6.92 Å². The molecule has 0 aromatic carbocycles. The summed E-state index contributed by atoms with van der Waals surface area (Å²) in [5.41, 5.74) is 1.87. The van der Waals surface area contributed by atoms with E-state index in [4.69, 9.17) is 0 Å². The highest BCUT2D eigenvalue weighted by atomic mass is 32.1. The lowest BCUT2D eigenvalue weighted by Gasteiger charge is -1.96. The zero-order valence-electron chi connectivity index (χ0n) is 8.97. The summed E-state index contributed by atoms with van der Waals surface area (Å²) >= 11 is 1.15. The zero-order chi connectivity index (χ0) is 11.8. The van der Waals surface area contributed by atoms with E-state index >= 15 is 0 Å². The number of aromatic amines is 1. The molecular formula is C11H8N4OS. The molecule has 6 heteroatoms. The molecule has 0 aliphatic carbocycles. The van der Waals surface area contributed by atoms with Crippen molar-refractivity contribution in [3.63, 3.8) is 0 Å². The molecule has 1 N–H and O–H groups in total. The maximum atomic E-state index is 11.7. The minimum Gasteiger partial charge on any atom is -0.309 e. The van der Waals surface area contributed by atoms with Gasteiger partial charge in [0.2, 0.25) is 0 Å². The molecule has 84 valence electrons. The van der Waals surface area contributed by atoms with Gasteiger partial charge in [-0.15, -0.1) is 0 Å². The first kappa shape index (κ1) is 10.1. The quantitative estimate of drug-likeness (QED) is 0.708. The van der Waals surface area contributed by atoms with Crippen molar-refractivity contribution in [2.24, 2.45) is 0 Å². The second kappa shape index (κ2) is 3.74. The number of hydrogen-bond acceptors (Lipinski definition) is 5. The first-order valence-electron chi connectivity index (χ1n) is 5.03. The standard InChI is InChI=1S/C11H8N4OS/c1-6-13-9-8(7-4-2-3-5-12-7)15-17-10(9)11(16)14-6/h2-5H,1H3,(H,13,14,16). The molecule has 0 spiro atoms. The largest absolute Gasteiger partial charge is 0.309 e. The van der Waals surface area contributed by atoms with Crippen molar-refractivity contribution in [2.45, 2.75) is 6.92 Å². The maximum absolute atomic E-state index is 11.7. The Labute approximate surface area is 100 Å². The van der Waals surface area contributed by atoms with Crippen molar-refractivity contribution in [3.05, 3.63) is 40.6 Å². The minimum atomic E-state index is -0.146. The Morgan fingerprint density at radius 1 is 1.35 bits per heavy atom. The van der Waals surface area contributed by atoms with Gasteiger partial charge in [0.15, 0.2) is 0 Å². The lowest BCUT2D eigenvalue weighted by molar-refractivity contribution is 1.06. The molecule has 0 saturated carbocycles. The molecule has 0 saturated heterocycles. The van der Waals surface area contributed by atoms with Crippen molar-refractivity contribution >= 4 is 21.7 Å². The van der Waals surface area contributed by atoms with Crippen LogP contribution in [-0.4, -0.2) is 19.3 Å². The number of nitrogens with one attached hydrogen (secondary N) is 1. The van der Waals surface area contributed by atoms with Gasteiger partial charge in [0.1, 0.15) is 21.7 Å². The van der Waals surface area contributed by atoms with Crippen LogP contribution in [0.3, 0.4) is 0 Å². The van der Waals surface area contributed by atoms with E-state index in [9.17, 15) is 4.79 Å². The van der Waals surface area contributed by atoms with E-state index in [-0.39, 0.29) is 5.56 Å². The molecule has 0 atom stereocenters. The van der Waals surface area contributed by atoms with E-state index in [2.05, 4.69) is 19.3 Å². The Bertz CT molecular complexity index is 732. The summed E-state index contributed by atoms with van der Waals surface area (Å²) in [6.45, 7) is 1.75. The van der Waals surface area contributed by atoms with Crippen LogP contribution in [0.4, 0.5) is 0 Å². The molecule has 0 radical (unpaired) electrons. The maximum Gasteiger partial charge on any atom is 0.270 e. The number of hydrogen-bond donors (Lipinski definition) is 1. The van der Waals surface area contributed by atoms with Gasteiger partial charge in [-0.05, 0) is 30.6 Å². The van der Waals surface area contributed by atoms with Gasteiger partial charge in [-0.3, -0.25) is 9.78 Å². The van der Waals surface area contributed by atoms with Crippen molar-refractivity contribution < 1.29 is 0 Å². The van der Waals surface area contributed by atoms with Gasteiger partial charge < -0.3 is 4.98 Å². The number of aromatic nitrogens is 4. The topological polar surface area (TPSA) is 71.5 Å². The van der Waals surface area contributed by atoms with E-state index in [1.165, 1.54) is 0 Å². The highest BCUT2D eigenvalue weighted by Gasteiger charge is 2.13. The van der Waals surface area contributed by atoms with Crippen LogP contribution < -0.4 is 5.56 Å². The number of fused-ring (bicyclic) bond motifs is 1. The third-order valence-electron chi connectivity index (χ3n) is 2.36. The fraction of sp³-hybridized carbons (Fsp3) is 0.0909. The summed E-state index contributed by atoms with van der Waals surface area (Å²) in [4.78, 5) is 22.9. The molecule has 3 rings (SSSR count). The van der Waals surface area contributed by atoms with E-state index < -0.39 is 0 Å². The normalized spacial score (nSPS) is 10.9. The van der Waals surface area contributed by atoms with Crippen LogP contribution in [0.5, 0.6) is 0 Å². The van der Waals surface area contributed by atoms with Crippen molar-refractivity contribution in [1.29, 1.82) is 0 Å². The molecule has 17 heavy (non-hydrogen) atoms. The van der Waals surface area contributed by atoms with Crippen molar-refractivity contribution in [2.75, 3.05) is 0 Å². The summed E-state index contributed by atoms with van der Waals surface area (Å²) in [5, 5.41) is 0. The monoisotopic (exact) mass is 244 g/mol. The van der Waals surface area contributed by atoms with Crippen LogP contribution in [0.25, 0.3) is 21.6 Å². The first-order chi connectivity index (χ1) is 8.25. The van der Waals surface area contributed by atoms with Crippen LogP contribution >= 0.6 is 11.5 Å². The lowest BCUT2D eigenvalue weighted by atomic mass is 10.2. The predicted octanol–water partition coefficient (Wildman–Crippen LogP) is 1.75. The van der Waals surface area contributed by atoms with Crippen LogP contribution in [0.2, 0.25) is 0 Å². The van der Waals surface area contributed by atoms with Crippen LogP contribution in [0.1, 0.15) is 5.82 Å². The fourth-order valence-corrected chi connectivity index (χ4v) is 2.35. The predicted molar refractivity (Wildman–Crippen MR) is 66.0 cm³/mol. The van der Waals surface area contributed by atoms with Gasteiger partial charge in [0.25, 0.3) is 5.56 Å². The minimum absolute atomic E-state index is 0.146. The van der Waals surface area contributed by atoms with E-state index in [1.54, 1.807) is 13.1 Å². The average Bonchev–Trinajstić information content (AvgIpc) is 2.74. The molecule has 0 amide bonds. The SMILES string of the molecule is Cc1nc2c(-c3ccccn3)nsc2c(=O)[nH]1. The fourth-order valence-electron chi connectivity index (χ4n) is 1.63. The molecule has 5 nitrogen and oxygen atoms in total. The molecule has 0 bridgehead atoms. The van der Waals surface area contributed by atoms with Gasteiger partial charge in [-0.2, -0.15) is 4.37 Å². The molecule has 0 aliphatic heterocycles. The summed E-state index contributed by atoms with van der Waals surface area (Å²) in [6, 6.07) is 5.57. The van der Waals surface area contributed by atoms with E-state index in [0.717, 1.165) is 17.2 Å². The summed E-state index contributed by atoms with van der Waals surface area (Å²) in [5.74, 6) is 0.583. The van der Waals surface area contributed by atoms with Gasteiger partial charge in [0, 0.05) is 6.20 Å². The van der Waals surface area contributed by atoms with Gasteiger partial charge in [0.05, 0.1) is 5.69 Å². The van der Waals surface area contributed by atoms with Gasteiger partial charge in [-0.1, -0.05) is 6.07 Å². The number of aryl methyl sites for hydroxylation is 1. The van der Waals surface area contributed by atoms with E-state index in [1.807, 2.05) is 18.2 Å². The summed E-state index contributed by atoms with van der Waals surface area (Å²) in [7, 11) is 0. The smallest absolute Gasteiger partial charge is 0.270 e. The number of rotatable bonds is 1. The van der Waals surface area contributed by atoms with Crippen LogP contribution in [-0.2, 0) is 0 Å². The number of H-pyrrole nitrogens is 1. The van der Waals surface area contributed by atoms with Crippen molar-refractivity contribution in [1.82, 2.24) is 19.3 Å². The molecule has 0 unspecified atom stereocenters. The summed E-state index contributed by atoms with van der Waals surface area (Å²) in [6.07, 6.45) is 1.69. The molecule has 3 heterocycles. The lowest BCUT2D eigenvalue weighted by Crippen LogP contribution is -2.07. The Balaban J connectivity index is 2.36. The molecule has 3 aromatic heterocycles. The Morgan fingerprint density at radius 3 is 3.00 bits per heavy atom. The van der Waals surface area contributed by atoms with Gasteiger partial charge >= 0.3 is 0 Å². The molecular weight excluding hydrogens is 236 g/mol. The van der Waals surface area contributed by atoms with Gasteiger partial charge in [-0.25, -0.2) is 4.98 Å².